The Morgan fingerprint density at radius 1 is 1.07 bits per heavy atom. The highest BCUT2D eigenvalue weighted by atomic mass is 35.5. The molecule has 0 saturated heterocycles. The first-order valence-electron chi connectivity index (χ1n) is 9.25. The van der Waals surface area contributed by atoms with Gasteiger partial charge >= 0.3 is 0 Å². The Bertz CT molecular complexity index is 913. The number of rotatable bonds is 9. The zero-order chi connectivity index (χ0) is 19.9. The molecule has 0 N–H and O–H groups in total. The summed E-state index contributed by atoms with van der Waals surface area (Å²) in [4.78, 5) is 0. The second kappa shape index (κ2) is 10.2. The van der Waals surface area contributed by atoms with Crippen molar-refractivity contribution in [3.8, 4) is 5.75 Å². The van der Waals surface area contributed by atoms with Crippen LogP contribution in [0, 0.1) is 6.92 Å². The number of halogens is 2. The third kappa shape index (κ3) is 5.66. The number of benzene rings is 2. The van der Waals surface area contributed by atoms with E-state index in [1.54, 1.807) is 30.0 Å². The fourth-order valence-corrected chi connectivity index (χ4v) is 4.21. The van der Waals surface area contributed by atoms with Gasteiger partial charge < -0.3 is 9.30 Å². The number of hydrogen-bond acceptors (Lipinski definition) is 4. The molecule has 0 unspecified atom stereocenters. The molecule has 3 rings (SSSR count). The second-order valence-electron chi connectivity index (χ2n) is 6.44. The topological polar surface area (TPSA) is 39.9 Å². The van der Waals surface area contributed by atoms with Gasteiger partial charge in [-0.05, 0) is 44.0 Å². The molecule has 2 aromatic carbocycles. The minimum atomic E-state index is 0.527. The van der Waals surface area contributed by atoms with Gasteiger partial charge in [0.25, 0.3) is 0 Å². The van der Waals surface area contributed by atoms with Crippen molar-refractivity contribution in [2.45, 2.75) is 44.1 Å². The van der Waals surface area contributed by atoms with Crippen LogP contribution in [0.15, 0.2) is 47.6 Å². The number of thioether (sulfide) groups is 1. The molecule has 0 saturated carbocycles. The molecule has 0 bridgehead atoms. The Balaban J connectivity index is 1.52. The molecule has 3 aromatic rings. The Hall–Kier alpha value is -1.69. The Kier molecular flexibility index (Phi) is 7.65. The van der Waals surface area contributed by atoms with Crippen molar-refractivity contribution in [3.05, 3.63) is 69.5 Å². The van der Waals surface area contributed by atoms with Gasteiger partial charge in [-0.2, -0.15) is 0 Å². The molecule has 0 aliphatic carbocycles. The van der Waals surface area contributed by atoms with Crippen LogP contribution in [0.1, 0.15) is 30.3 Å². The molecule has 1 aromatic heterocycles. The maximum Gasteiger partial charge on any atom is 0.191 e. The number of ether oxygens (including phenoxy) is 1. The normalized spacial score (nSPS) is 11.0. The van der Waals surface area contributed by atoms with Crippen LogP contribution < -0.4 is 4.74 Å². The number of hydrogen-bond donors (Lipinski definition) is 0. The van der Waals surface area contributed by atoms with E-state index in [9.17, 15) is 0 Å². The van der Waals surface area contributed by atoms with Gasteiger partial charge in [-0.1, -0.05) is 64.8 Å². The van der Waals surface area contributed by atoms with E-state index in [1.807, 2.05) is 0 Å². The monoisotopic (exact) mass is 435 g/mol. The minimum absolute atomic E-state index is 0.527. The van der Waals surface area contributed by atoms with Crippen LogP contribution in [-0.4, -0.2) is 21.4 Å². The molecule has 7 heteroatoms. The van der Waals surface area contributed by atoms with Crippen LogP contribution in [0.4, 0.5) is 0 Å². The van der Waals surface area contributed by atoms with Gasteiger partial charge in [-0.15, -0.1) is 10.2 Å². The summed E-state index contributed by atoms with van der Waals surface area (Å²) < 4.78 is 7.93. The molecule has 0 amide bonds. The first-order valence-corrected chi connectivity index (χ1v) is 11.0. The van der Waals surface area contributed by atoms with Gasteiger partial charge in [0.05, 0.1) is 11.6 Å². The van der Waals surface area contributed by atoms with Crippen molar-refractivity contribution in [2.24, 2.45) is 0 Å². The fourth-order valence-electron chi connectivity index (χ4n) is 2.77. The summed E-state index contributed by atoms with van der Waals surface area (Å²) >= 11 is 13.8. The summed E-state index contributed by atoms with van der Waals surface area (Å²) in [7, 11) is 0. The molecule has 28 heavy (non-hydrogen) atoms. The molecule has 0 fully saturated rings. The van der Waals surface area contributed by atoms with E-state index in [0.29, 0.717) is 22.4 Å². The molecule has 4 nitrogen and oxygen atoms in total. The average molecular weight is 436 g/mol. The van der Waals surface area contributed by atoms with Crippen LogP contribution in [-0.2, 0) is 18.7 Å². The van der Waals surface area contributed by atoms with Crippen LogP contribution >= 0.6 is 35.0 Å². The molecule has 0 spiro atoms. The average Bonchev–Trinajstić information content (AvgIpc) is 3.08. The highest BCUT2D eigenvalue weighted by molar-refractivity contribution is 7.98. The summed E-state index contributed by atoms with van der Waals surface area (Å²) in [6.45, 7) is 5.63. The zero-order valence-corrected chi connectivity index (χ0v) is 18.3. The smallest absolute Gasteiger partial charge is 0.191 e. The van der Waals surface area contributed by atoms with Crippen molar-refractivity contribution >= 4 is 35.0 Å². The largest absolute Gasteiger partial charge is 0.492 e. The third-order valence-corrected chi connectivity index (χ3v) is 5.86. The van der Waals surface area contributed by atoms with Gasteiger partial charge in [-0.25, -0.2) is 0 Å². The van der Waals surface area contributed by atoms with Crippen molar-refractivity contribution in [2.75, 3.05) is 6.61 Å². The van der Waals surface area contributed by atoms with E-state index in [2.05, 4.69) is 52.9 Å². The molecule has 1 heterocycles. The molecular formula is C21H23Cl2N3OS. The lowest BCUT2D eigenvalue weighted by Crippen LogP contribution is -2.06. The van der Waals surface area contributed by atoms with Crippen LogP contribution in [0.3, 0.4) is 0 Å². The predicted octanol–water partition coefficient (Wildman–Crippen LogP) is 6.22. The van der Waals surface area contributed by atoms with E-state index >= 15 is 0 Å². The number of aryl methyl sites for hydroxylation is 2. The van der Waals surface area contributed by atoms with E-state index in [-0.39, 0.29) is 0 Å². The van der Waals surface area contributed by atoms with Crippen molar-refractivity contribution < 1.29 is 4.74 Å². The van der Waals surface area contributed by atoms with Crippen molar-refractivity contribution in [1.29, 1.82) is 0 Å². The third-order valence-electron chi connectivity index (χ3n) is 4.29. The lowest BCUT2D eigenvalue weighted by molar-refractivity contribution is 0.309. The lowest BCUT2D eigenvalue weighted by atomic mass is 10.2. The number of nitrogens with zero attached hydrogens (tertiary/aromatic N) is 3. The standard InChI is InChI=1S/C21H23Cl2N3OS/c1-3-26-20(5-4-12-27-19-11-10-17(22)13-18(19)23)24-25-21(26)28-14-16-8-6-15(2)7-9-16/h6-11,13H,3-5,12,14H2,1-2H3. The summed E-state index contributed by atoms with van der Waals surface area (Å²) in [5.74, 6) is 2.52. The SMILES string of the molecule is CCn1c(CCCOc2ccc(Cl)cc2Cl)nnc1SCc1ccc(C)cc1. The molecule has 0 aliphatic rings. The maximum absolute atomic E-state index is 6.13. The summed E-state index contributed by atoms with van der Waals surface area (Å²) in [6.07, 6.45) is 1.64. The summed E-state index contributed by atoms with van der Waals surface area (Å²) in [5.41, 5.74) is 2.56. The van der Waals surface area contributed by atoms with E-state index in [4.69, 9.17) is 27.9 Å². The Labute approximate surface area is 180 Å². The van der Waals surface area contributed by atoms with Gasteiger partial charge in [0, 0.05) is 23.7 Å². The quantitative estimate of drug-likeness (QED) is 0.295. The Morgan fingerprint density at radius 2 is 1.86 bits per heavy atom. The van der Waals surface area contributed by atoms with Crippen LogP contribution in [0.2, 0.25) is 10.0 Å². The van der Waals surface area contributed by atoms with Gasteiger partial charge in [0.1, 0.15) is 11.6 Å². The maximum atomic E-state index is 6.13. The van der Waals surface area contributed by atoms with Gasteiger partial charge in [0.15, 0.2) is 5.16 Å². The first-order chi connectivity index (χ1) is 13.6. The molecular weight excluding hydrogens is 413 g/mol. The summed E-state index contributed by atoms with van der Waals surface area (Å²) in [6, 6.07) is 13.8. The van der Waals surface area contributed by atoms with Crippen LogP contribution in [0.5, 0.6) is 5.75 Å². The minimum Gasteiger partial charge on any atom is -0.492 e. The summed E-state index contributed by atoms with van der Waals surface area (Å²) in [5, 5.41) is 10.8. The first kappa shape index (κ1) is 21.0. The number of aromatic nitrogens is 3. The molecule has 0 radical (unpaired) electrons. The molecule has 0 atom stereocenters. The van der Waals surface area contributed by atoms with Crippen molar-refractivity contribution in [3.63, 3.8) is 0 Å². The highest BCUT2D eigenvalue weighted by Gasteiger charge is 2.11. The van der Waals surface area contributed by atoms with Crippen LogP contribution in [0.25, 0.3) is 0 Å². The zero-order valence-electron chi connectivity index (χ0n) is 16.0. The van der Waals surface area contributed by atoms with Gasteiger partial charge in [0.2, 0.25) is 0 Å². The lowest BCUT2D eigenvalue weighted by Gasteiger charge is -2.09. The molecule has 148 valence electrons. The van der Waals surface area contributed by atoms with Crippen molar-refractivity contribution in [1.82, 2.24) is 14.8 Å². The highest BCUT2D eigenvalue weighted by Crippen LogP contribution is 2.28. The Morgan fingerprint density at radius 3 is 2.57 bits per heavy atom. The second-order valence-corrected chi connectivity index (χ2v) is 8.23. The van der Waals surface area contributed by atoms with E-state index in [1.165, 1.54) is 11.1 Å². The predicted molar refractivity (Wildman–Crippen MR) is 117 cm³/mol. The fraction of sp³-hybridized carbons (Fsp3) is 0.333. The van der Waals surface area contributed by atoms with Gasteiger partial charge in [-0.3, -0.25) is 0 Å². The van der Waals surface area contributed by atoms with E-state index in [0.717, 1.165) is 36.1 Å². The van der Waals surface area contributed by atoms with E-state index < -0.39 is 0 Å². The molecule has 0 aliphatic heterocycles.